The zero-order chi connectivity index (χ0) is 11.7. The van der Waals surface area contributed by atoms with Crippen LogP contribution in [-0.4, -0.2) is 9.78 Å². The van der Waals surface area contributed by atoms with E-state index in [1.165, 1.54) is 12.1 Å². The second-order valence-electron chi connectivity index (χ2n) is 3.63. The van der Waals surface area contributed by atoms with Crippen LogP contribution in [0, 0.1) is 5.82 Å². The summed E-state index contributed by atoms with van der Waals surface area (Å²) in [7, 11) is 1.82. The van der Waals surface area contributed by atoms with E-state index in [0.717, 1.165) is 11.1 Å². The van der Waals surface area contributed by atoms with Gasteiger partial charge in [0, 0.05) is 23.3 Å². The van der Waals surface area contributed by atoms with Gasteiger partial charge in [-0.2, -0.15) is 5.10 Å². The standard InChI is InChI=1S/C11H11BrFN3/c1-16-6-8(5-15-16)11(14)7-2-9(12)4-10(13)3-7/h2-6,11H,14H2,1H3. The van der Waals surface area contributed by atoms with Crippen LogP contribution in [-0.2, 0) is 7.05 Å². The van der Waals surface area contributed by atoms with Crippen molar-refractivity contribution < 1.29 is 4.39 Å². The first-order chi connectivity index (χ1) is 7.56. The quantitative estimate of drug-likeness (QED) is 0.920. The number of hydrogen-bond donors (Lipinski definition) is 1. The highest BCUT2D eigenvalue weighted by molar-refractivity contribution is 9.10. The molecule has 0 spiro atoms. The van der Waals surface area contributed by atoms with Crippen molar-refractivity contribution in [1.82, 2.24) is 9.78 Å². The molecule has 1 aromatic carbocycles. The highest BCUT2D eigenvalue weighted by Crippen LogP contribution is 2.23. The lowest BCUT2D eigenvalue weighted by Crippen LogP contribution is -2.11. The van der Waals surface area contributed by atoms with Gasteiger partial charge in [0.05, 0.1) is 12.2 Å². The van der Waals surface area contributed by atoms with Crippen LogP contribution in [0.3, 0.4) is 0 Å². The van der Waals surface area contributed by atoms with Crippen molar-refractivity contribution in [1.29, 1.82) is 0 Å². The summed E-state index contributed by atoms with van der Waals surface area (Å²) in [6.07, 6.45) is 3.51. The summed E-state index contributed by atoms with van der Waals surface area (Å²) >= 11 is 3.24. The van der Waals surface area contributed by atoms with E-state index in [2.05, 4.69) is 21.0 Å². The average Bonchev–Trinajstić information content (AvgIpc) is 2.62. The third-order valence-corrected chi connectivity index (χ3v) is 2.79. The Morgan fingerprint density at radius 3 is 2.69 bits per heavy atom. The SMILES string of the molecule is Cn1cc(C(N)c2cc(F)cc(Br)c2)cn1. The number of aromatic nitrogens is 2. The number of aryl methyl sites for hydroxylation is 1. The molecule has 0 saturated carbocycles. The molecule has 1 heterocycles. The van der Waals surface area contributed by atoms with Crippen molar-refractivity contribution in [3.63, 3.8) is 0 Å². The molecular formula is C11H11BrFN3. The molecule has 0 amide bonds. The fraction of sp³-hybridized carbons (Fsp3) is 0.182. The fourth-order valence-electron chi connectivity index (χ4n) is 1.55. The zero-order valence-corrected chi connectivity index (χ0v) is 10.3. The Kier molecular flexibility index (Phi) is 3.07. The Morgan fingerprint density at radius 2 is 2.12 bits per heavy atom. The summed E-state index contributed by atoms with van der Waals surface area (Å²) in [5.41, 5.74) is 7.61. The number of benzene rings is 1. The van der Waals surface area contributed by atoms with Crippen molar-refractivity contribution in [2.45, 2.75) is 6.04 Å². The van der Waals surface area contributed by atoms with Gasteiger partial charge >= 0.3 is 0 Å². The minimum Gasteiger partial charge on any atom is -0.320 e. The third-order valence-electron chi connectivity index (χ3n) is 2.33. The molecule has 2 rings (SSSR count). The van der Waals surface area contributed by atoms with Gasteiger partial charge in [0.2, 0.25) is 0 Å². The third kappa shape index (κ3) is 2.31. The largest absolute Gasteiger partial charge is 0.320 e. The van der Waals surface area contributed by atoms with E-state index >= 15 is 0 Å². The number of halogens is 2. The Bertz CT molecular complexity index is 489. The van der Waals surface area contributed by atoms with Crippen molar-refractivity contribution in [2.75, 3.05) is 0 Å². The van der Waals surface area contributed by atoms with Gasteiger partial charge in [-0.25, -0.2) is 4.39 Å². The molecule has 2 N–H and O–H groups in total. The van der Waals surface area contributed by atoms with Gasteiger partial charge < -0.3 is 5.73 Å². The second-order valence-corrected chi connectivity index (χ2v) is 4.54. The molecule has 84 valence electrons. The van der Waals surface area contributed by atoms with Crippen LogP contribution in [0.15, 0.2) is 35.1 Å². The van der Waals surface area contributed by atoms with Crippen molar-refractivity contribution in [2.24, 2.45) is 12.8 Å². The average molecular weight is 284 g/mol. The Morgan fingerprint density at radius 1 is 1.38 bits per heavy atom. The van der Waals surface area contributed by atoms with Crippen LogP contribution in [0.1, 0.15) is 17.2 Å². The summed E-state index contributed by atoms with van der Waals surface area (Å²) in [4.78, 5) is 0. The Hall–Kier alpha value is -1.20. The van der Waals surface area contributed by atoms with E-state index in [9.17, 15) is 4.39 Å². The Labute approximate surface area is 101 Å². The summed E-state index contributed by atoms with van der Waals surface area (Å²) in [6.45, 7) is 0. The molecular weight excluding hydrogens is 273 g/mol. The first kappa shape index (κ1) is 11.3. The number of rotatable bonds is 2. The summed E-state index contributed by atoms with van der Waals surface area (Å²) in [5, 5.41) is 4.04. The predicted molar refractivity (Wildman–Crippen MR) is 63.3 cm³/mol. The van der Waals surface area contributed by atoms with Crippen LogP contribution >= 0.6 is 15.9 Å². The van der Waals surface area contributed by atoms with E-state index in [1.807, 2.05) is 13.2 Å². The first-order valence-corrected chi connectivity index (χ1v) is 5.55. The maximum atomic E-state index is 13.2. The maximum absolute atomic E-state index is 13.2. The number of nitrogens with two attached hydrogens (primary N) is 1. The Balaban J connectivity index is 2.37. The molecule has 3 nitrogen and oxygen atoms in total. The van der Waals surface area contributed by atoms with Gasteiger partial charge in [-0.1, -0.05) is 15.9 Å². The van der Waals surface area contributed by atoms with Crippen molar-refractivity contribution in [3.8, 4) is 0 Å². The van der Waals surface area contributed by atoms with E-state index in [-0.39, 0.29) is 11.9 Å². The highest BCUT2D eigenvalue weighted by atomic mass is 79.9. The van der Waals surface area contributed by atoms with Crippen LogP contribution in [0.5, 0.6) is 0 Å². The number of nitrogens with zero attached hydrogens (tertiary/aromatic N) is 2. The number of hydrogen-bond acceptors (Lipinski definition) is 2. The minimum absolute atomic E-state index is 0.302. The first-order valence-electron chi connectivity index (χ1n) is 4.76. The van der Waals surface area contributed by atoms with Crippen molar-refractivity contribution >= 4 is 15.9 Å². The van der Waals surface area contributed by atoms with Gasteiger partial charge in [0.1, 0.15) is 5.82 Å². The minimum atomic E-state index is -0.360. The predicted octanol–water partition coefficient (Wildman–Crippen LogP) is 2.37. The van der Waals surface area contributed by atoms with Gasteiger partial charge in [-0.3, -0.25) is 4.68 Å². The zero-order valence-electron chi connectivity index (χ0n) is 8.69. The molecule has 0 fully saturated rings. The van der Waals surface area contributed by atoms with Gasteiger partial charge in [-0.15, -0.1) is 0 Å². The van der Waals surface area contributed by atoms with Gasteiger partial charge in [0.25, 0.3) is 0 Å². The molecule has 0 aliphatic rings. The monoisotopic (exact) mass is 283 g/mol. The lowest BCUT2D eigenvalue weighted by molar-refractivity contribution is 0.622. The van der Waals surface area contributed by atoms with E-state index < -0.39 is 0 Å². The topological polar surface area (TPSA) is 43.8 Å². The summed E-state index contributed by atoms with van der Waals surface area (Å²) < 4.78 is 15.6. The van der Waals surface area contributed by atoms with E-state index in [1.54, 1.807) is 16.9 Å². The molecule has 1 unspecified atom stereocenters. The molecule has 16 heavy (non-hydrogen) atoms. The van der Waals surface area contributed by atoms with E-state index in [0.29, 0.717) is 4.47 Å². The van der Waals surface area contributed by atoms with Crippen molar-refractivity contribution in [3.05, 3.63) is 52.0 Å². The molecule has 0 aliphatic carbocycles. The normalized spacial score (nSPS) is 12.8. The molecule has 0 saturated heterocycles. The highest BCUT2D eigenvalue weighted by Gasteiger charge is 2.12. The molecule has 0 aliphatic heterocycles. The lowest BCUT2D eigenvalue weighted by atomic mass is 10.0. The van der Waals surface area contributed by atoms with Crippen LogP contribution in [0.2, 0.25) is 0 Å². The molecule has 1 atom stereocenters. The lowest BCUT2D eigenvalue weighted by Gasteiger charge is -2.10. The molecule has 2 aromatic rings. The van der Waals surface area contributed by atoms with Gasteiger partial charge in [0.15, 0.2) is 0 Å². The smallest absolute Gasteiger partial charge is 0.124 e. The van der Waals surface area contributed by atoms with Gasteiger partial charge in [-0.05, 0) is 23.8 Å². The fourth-order valence-corrected chi connectivity index (χ4v) is 2.03. The summed E-state index contributed by atoms with van der Waals surface area (Å²) in [6, 6.07) is 4.28. The summed E-state index contributed by atoms with van der Waals surface area (Å²) in [5.74, 6) is -0.302. The van der Waals surface area contributed by atoms with Crippen LogP contribution < -0.4 is 5.73 Å². The molecule has 5 heteroatoms. The molecule has 0 radical (unpaired) electrons. The second kappa shape index (κ2) is 4.35. The van der Waals surface area contributed by atoms with Crippen LogP contribution in [0.4, 0.5) is 4.39 Å². The van der Waals surface area contributed by atoms with E-state index in [4.69, 9.17) is 5.73 Å². The maximum Gasteiger partial charge on any atom is 0.124 e. The molecule has 1 aromatic heterocycles. The van der Waals surface area contributed by atoms with Crippen LogP contribution in [0.25, 0.3) is 0 Å². The molecule has 0 bridgehead atoms.